The van der Waals surface area contributed by atoms with Crippen molar-refractivity contribution in [2.45, 2.75) is 0 Å². The molecule has 2 heterocycles. The van der Waals surface area contributed by atoms with Crippen molar-refractivity contribution >= 4 is 11.6 Å². The Morgan fingerprint density at radius 1 is 0.567 bits per heavy atom. The molecule has 0 saturated heterocycles. The zero-order valence-electron chi connectivity index (χ0n) is 16.0. The largest absolute Gasteiger partial charge is 0.456 e. The summed E-state index contributed by atoms with van der Waals surface area (Å²) in [7, 11) is 0. The average molecular weight is 409 g/mol. The van der Waals surface area contributed by atoms with Gasteiger partial charge in [-0.15, -0.1) is 10.2 Å². The van der Waals surface area contributed by atoms with Gasteiger partial charge in [0.2, 0.25) is 0 Å². The lowest BCUT2D eigenvalue weighted by Gasteiger charge is -2.09. The molecule has 0 atom stereocenters. The number of aromatic nitrogens is 2. The summed E-state index contributed by atoms with van der Waals surface area (Å²) in [6.07, 6.45) is 0. The summed E-state index contributed by atoms with van der Waals surface area (Å²) < 4.78 is 6.24. The predicted octanol–water partition coefficient (Wildman–Crippen LogP) is 7.39. The van der Waals surface area contributed by atoms with Gasteiger partial charge in [-0.3, -0.25) is 0 Å². The van der Waals surface area contributed by atoms with Crippen LogP contribution < -0.4 is 0 Å². The lowest BCUT2D eigenvalue weighted by molar-refractivity contribution is 0.597. The van der Waals surface area contributed by atoms with Gasteiger partial charge < -0.3 is 4.42 Å². The summed E-state index contributed by atoms with van der Waals surface area (Å²) in [5, 5.41) is 9.72. The molecule has 0 radical (unpaired) electrons. The van der Waals surface area contributed by atoms with Crippen molar-refractivity contribution in [2.24, 2.45) is 0 Å². The lowest BCUT2D eigenvalue weighted by Crippen LogP contribution is -1.95. The molecule has 0 unspecified atom stereocenters. The van der Waals surface area contributed by atoms with E-state index >= 15 is 0 Å². The van der Waals surface area contributed by atoms with Crippen LogP contribution in [-0.2, 0) is 0 Å². The van der Waals surface area contributed by atoms with Gasteiger partial charge in [0, 0.05) is 27.3 Å². The van der Waals surface area contributed by atoms with Crippen molar-refractivity contribution in [3.63, 3.8) is 0 Å². The van der Waals surface area contributed by atoms with Crippen LogP contribution in [0.4, 0.5) is 0 Å². The first kappa shape index (κ1) is 18.3. The van der Waals surface area contributed by atoms with E-state index in [0.717, 1.165) is 45.2 Å². The number of hydrogen-bond donors (Lipinski definition) is 0. The summed E-state index contributed by atoms with van der Waals surface area (Å²) in [6, 6.07) is 33.6. The molecule has 2 aromatic heterocycles. The average Bonchev–Trinajstić information content (AvgIpc) is 3.30. The van der Waals surface area contributed by atoms with Gasteiger partial charge in [-0.05, 0) is 30.3 Å². The Morgan fingerprint density at radius 2 is 1.23 bits per heavy atom. The van der Waals surface area contributed by atoms with E-state index in [0.29, 0.717) is 5.02 Å². The molecule has 0 amide bonds. The first-order valence-corrected chi connectivity index (χ1v) is 10.0. The van der Waals surface area contributed by atoms with Crippen molar-refractivity contribution in [1.82, 2.24) is 10.2 Å². The third kappa shape index (κ3) is 3.63. The van der Waals surface area contributed by atoms with Gasteiger partial charge >= 0.3 is 0 Å². The van der Waals surface area contributed by atoms with Gasteiger partial charge in [0.25, 0.3) is 0 Å². The molecule has 5 aromatic rings. The molecule has 0 saturated carbocycles. The first-order chi connectivity index (χ1) is 14.8. The summed E-state index contributed by atoms with van der Waals surface area (Å²) in [6.45, 7) is 0. The first-order valence-electron chi connectivity index (χ1n) is 9.63. The number of nitrogens with zero attached hydrogens (tertiary/aromatic N) is 2. The van der Waals surface area contributed by atoms with Crippen LogP contribution >= 0.6 is 11.6 Å². The van der Waals surface area contributed by atoms with Crippen LogP contribution in [0.1, 0.15) is 0 Å². The molecule has 0 N–H and O–H groups in total. The van der Waals surface area contributed by atoms with Gasteiger partial charge in [-0.2, -0.15) is 0 Å². The fourth-order valence-electron chi connectivity index (χ4n) is 3.42. The highest BCUT2D eigenvalue weighted by Crippen LogP contribution is 2.36. The maximum atomic E-state index is 6.24. The smallest absolute Gasteiger partial charge is 0.137 e. The molecule has 0 aliphatic heterocycles. The van der Waals surface area contributed by atoms with Gasteiger partial charge in [-0.1, -0.05) is 84.4 Å². The molecule has 0 aliphatic rings. The highest BCUT2D eigenvalue weighted by Gasteiger charge is 2.16. The predicted molar refractivity (Wildman–Crippen MR) is 121 cm³/mol. The van der Waals surface area contributed by atoms with E-state index in [4.69, 9.17) is 16.0 Å². The van der Waals surface area contributed by atoms with Crippen molar-refractivity contribution in [1.29, 1.82) is 0 Å². The number of halogens is 1. The van der Waals surface area contributed by atoms with Crippen molar-refractivity contribution < 1.29 is 4.42 Å². The second-order valence-corrected chi connectivity index (χ2v) is 7.33. The van der Waals surface area contributed by atoms with Crippen LogP contribution in [0.5, 0.6) is 0 Å². The van der Waals surface area contributed by atoms with Gasteiger partial charge in [0.15, 0.2) is 0 Å². The Morgan fingerprint density at radius 3 is 1.97 bits per heavy atom. The summed E-state index contributed by atoms with van der Waals surface area (Å²) in [4.78, 5) is 0. The maximum absolute atomic E-state index is 6.24. The van der Waals surface area contributed by atoms with E-state index in [2.05, 4.69) is 10.2 Å². The Bertz CT molecular complexity index is 1300. The van der Waals surface area contributed by atoms with Crippen LogP contribution in [0.25, 0.3) is 45.2 Å². The summed E-state index contributed by atoms with van der Waals surface area (Å²) in [5.74, 6) is 1.49. The molecule has 0 aliphatic carbocycles. The third-order valence-corrected chi connectivity index (χ3v) is 5.13. The van der Waals surface area contributed by atoms with Crippen molar-refractivity contribution in [2.75, 3.05) is 0 Å². The van der Waals surface area contributed by atoms with Crippen LogP contribution in [0, 0.1) is 0 Å². The molecule has 3 nitrogen and oxygen atoms in total. The molecule has 4 heteroatoms. The number of furan rings is 1. The van der Waals surface area contributed by atoms with Crippen molar-refractivity contribution in [3.05, 3.63) is 108 Å². The Balaban J connectivity index is 1.65. The third-order valence-electron chi connectivity index (χ3n) is 4.89. The van der Waals surface area contributed by atoms with E-state index in [-0.39, 0.29) is 0 Å². The lowest BCUT2D eigenvalue weighted by atomic mass is 10.0. The van der Waals surface area contributed by atoms with E-state index in [1.165, 1.54) is 0 Å². The molecule has 3 aromatic carbocycles. The second-order valence-electron chi connectivity index (χ2n) is 6.90. The maximum Gasteiger partial charge on any atom is 0.137 e. The van der Waals surface area contributed by atoms with Crippen LogP contribution in [0.15, 0.2) is 108 Å². The topological polar surface area (TPSA) is 38.9 Å². The normalized spacial score (nSPS) is 10.8. The second kappa shape index (κ2) is 7.97. The number of rotatable bonds is 4. The number of hydrogen-bond acceptors (Lipinski definition) is 3. The SMILES string of the molecule is Clc1cccc(-c2ccc(-c3cc(-c4ccccc4)nnc3-c3ccccc3)o2)c1. The van der Waals surface area contributed by atoms with Gasteiger partial charge in [0.05, 0.1) is 5.69 Å². The molecular weight excluding hydrogens is 392 g/mol. The van der Waals surface area contributed by atoms with Crippen LogP contribution in [0.2, 0.25) is 5.02 Å². The molecule has 0 bridgehead atoms. The Hall–Kier alpha value is -3.69. The van der Waals surface area contributed by atoms with Gasteiger partial charge in [0.1, 0.15) is 17.2 Å². The molecule has 0 spiro atoms. The van der Waals surface area contributed by atoms with E-state index in [9.17, 15) is 0 Å². The molecule has 144 valence electrons. The Labute approximate surface area is 179 Å². The highest BCUT2D eigenvalue weighted by molar-refractivity contribution is 6.30. The van der Waals surface area contributed by atoms with Crippen LogP contribution in [-0.4, -0.2) is 10.2 Å². The van der Waals surface area contributed by atoms with E-state index in [1.807, 2.05) is 103 Å². The summed E-state index contributed by atoms with van der Waals surface area (Å²) in [5.41, 5.74) is 5.39. The van der Waals surface area contributed by atoms with Crippen molar-refractivity contribution in [3.8, 4) is 45.2 Å². The minimum absolute atomic E-state index is 0.673. The monoisotopic (exact) mass is 408 g/mol. The summed E-state index contributed by atoms with van der Waals surface area (Å²) >= 11 is 6.15. The molecule has 30 heavy (non-hydrogen) atoms. The number of benzene rings is 3. The van der Waals surface area contributed by atoms with Crippen LogP contribution in [0.3, 0.4) is 0 Å². The molecule has 0 fully saturated rings. The fraction of sp³-hybridized carbons (Fsp3) is 0. The highest BCUT2D eigenvalue weighted by atomic mass is 35.5. The zero-order chi connectivity index (χ0) is 20.3. The quantitative estimate of drug-likeness (QED) is 0.311. The van der Waals surface area contributed by atoms with E-state index in [1.54, 1.807) is 0 Å². The molecule has 5 rings (SSSR count). The standard InChI is InChI=1S/C26H17ClN2O/c27-21-13-7-12-20(16-21)24-14-15-25(30-24)22-17-23(18-8-3-1-4-9-18)28-29-26(22)19-10-5-2-6-11-19/h1-17H. The minimum atomic E-state index is 0.673. The zero-order valence-corrected chi connectivity index (χ0v) is 16.8. The minimum Gasteiger partial charge on any atom is -0.456 e. The molecular formula is C26H17ClN2O. The van der Waals surface area contributed by atoms with Gasteiger partial charge in [-0.25, -0.2) is 0 Å². The fourth-order valence-corrected chi connectivity index (χ4v) is 3.61. The van der Waals surface area contributed by atoms with E-state index < -0.39 is 0 Å². The Kier molecular flexibility index (Phi) is 4.88.